The van der Waals surface area contributed by atoms with E-state index in [4.69, 9.17) is 9.73 Å². The number of aryl methyl sites for hydroxylation is 2. The molecular weight excluding hydrogens is 414 g/mol. The number of H-pyrrole nitrogens is 1. The molecule has 2 atom stereocenters. The Bertz CT molecular complexity index is 1340. The van der Waals surface area contributed by atoms with Crippen molar-refractivity contribution in [3.63, 3.8) is 0 Å². The average molecular weight is 442 g/mol. The lowest BCUT2D eigenvalue weighted by atomic mass is 9.94. The topological polar surface area (TPSA) is 86.3 Å². The number of thioether (sulfide) groups is 1. The van der Waals surface area contributed by atoms with Crippen LogP contribution in [-0.2, 0) is 18.8 Å². The Morgan fingerprint density at radius 3 is 2.68 bits per heavy atom. The highest BCUT2D eigenvalue weighted by Gasteiger charge is 2.36. The van der Waals surface area contributed by atoms with Gasteiger partial charge in [0.05, 0.1) is 38.5 Å². The zero-order valence-electron chi connectivity index (χ0n) is 18.4. The maximum Gasteiger partial charge on any atom is 0.328 e. The number of nitrogens with zero attached hydrogens (tertiary/aromatic N) is 4. The number of benzene rings is 1. The van der Waals surface area contributed by atoms with Crippen LogP contribution in [0.3, 0.4) is 0 Å². The molecule has 2 aliphatic rings. The van der Waals surface area contributed by atoms with Gasteiger partial charge in [-0.2, -0.15) is 0 Å². The SMILES string of the molecule is CC1=Nc2c(c(=O)[nH]n2[C@H]2CCOC(C)(C)C2)[C@H](c2ccc3c(c2)n(C)c(=O)n3C)S1. The van der Waals surface area contributed by atoms with E-state index in [2.05, 4.69) is 18.9 Å². The molecule has 0 bridgehead atoms. The summed E-state index contributed by atoms with van der Waals surface area (Å²) < 4.78 is 11.1. The van der Waals surface area contributed by atoms with Crippen molar-refractivity contribution in [2.75, 3.05) is 6.61 Å². The second-order valence-electron chi connectivity index (χ2n) is 9.08. The van der Waals surface area contributed by atoms with E-state index in [1.807, 2.05) is 29.8 Å². The molecular formula is C22H27N5O3S. The minimum Gasteiger partial charge on any atom is -0.375 e. The van der Waals surface area contributed by atoms with E-state index in [1.165, 1.54) is 0 Å². The maximum atomic E-state index is 13.1. The zero-order valence-corrected chi connectivity index (χ0v) is 19.2. The summed E-state index contributed by atoms with van der Waals surface area (Å²) in [5.41, 5.74) is 3.00. The summed E-state index contributed by atoms with van der Waals surface area (Å²) >= 11 is 1.58. The first-order valence-corrected chi connectivity index (χ1v) is 11.4. The first kappa shape index (κ1) is 20.4. The molecule has 0 saturated carbocycles. The van der Waals surface area contributed by atoms with Crippen LogP contribution < -0.4 is 11.2 Å². The first-order valence-electron chi connectivity index (χ1n) is 10.5. The molecule has 2 aliphatic heterocycles. The lowest BCUT2D eigenvalue weighted by Crippen LogP contribution is -2.35. The van der Waals surface area contributed by atoms with Crippen molar-refractivity contribution in [2.45, 2.75) is 50.5 Å². The van der Waals surface area contributed by atoms with E-state index in [0.717, 1.165) is 40.3 Å². The standard InChI is InChI=1S/C22H27N5O3S/c1-12-23-19-17(20(28)24-27(19)14-8-9-30-22(2,3)11-14)18(31-12)13-6-7-15-16(10-13)26(5)21(29)25(15)4/h6-7,10,14,18H,8-9,11H2,1-5H3,(H,24,28)/t14-,18-/m0/s1. The van der Waals surface area contributed by atoms with E-state index >= 15 is 0 Å². The number of nitrogens with one attached hydrogen (secondary N) is 1. The number of aromatic amines is 1. The molecule has 0 spiro atoms. The van der Waals surface area contributed by atoms with E-state index < -0.39 is 0 Å². The van der Waals surface area contributed by atoms with Crippen LogP contribution >= 0.6 is 11.8 Å². The van der Waals surface area contributed by atoms with Crippen molar-refractivity contribution in [2.24, 2.45) is 19.1 Å². The number of fused-ring (bicyclic) bond motifs is 2. The highest BCUT2D eigenvalue weighted by Crippen LogP contribution is 2.45. The first-order chi connectivity index (χ1) is 14.7. The molecule has 1 N–H and O–H groups in total. The van der Waals surface area contributed by atoms with Crippen molar-refractivity contribution in [1.29, 1.82) is 0 Å². The van der Waals surface area contributed by atoms with Crippen LogP contribution in [0.4, 0.5) is 5.82 Å². The van der Waals surface area contributed by atoms with Crippen LogP contribution in [-0.4, -0.2) is 36.2 Å². The molecule has 1 saturated heterocycles. The van der Waals surface area contributed by atoms with Gasteiger partial charge < -0.3 is 4.74 Å². The van der Waals surface area contributed by atoms with Gasteiger partial charge in [0.25, 0.3) is 5.56 Å². The Morgan fingerprint density at radius 1 is 1.19 bits per heavy atom. The van der Waals surface area contributed by atoms with Crippen LogP contribution in [0.15, 0.2) is 32.8 Å². The van der Waals surface area contributed by atoms with Gasteiger partial charge in [0, 0.05) is 20.7 Å². The third-order valence-electron chi connectivity index (χ3n) is 6.38. The lowest BCUT2D eigenvalue weighted by molar-refractivity contribution is -0.0705. The van der Waals surface area contributed by atoms with Crippen LogP contribution in [0.1, 0.15) is 56.0 Å². The van der Waals surface area contributed by atoms with Gasteiger partial charge in [-0.25, -0.2) is 9.79 Å². The number of ether oxygens (including phenoxy) is 1. The minimum atomic E-state index is -0.234. The van der Waals surface area contributed by atoms with Crippen LogP contribution in [0.25, 0.3) is 11.0 Å². The number of rotatable bonds is 2. The van der Waals surface area contributed by atoms with E-state index in [1.54, 1.807) is 35.0 Å². The number of hydrogen-bond acceptors (Lipinski definition) is 5. The highest BCUT2D eigenvalue weighted by molar-refractivity contribution is 8.14. The summed E-state index contributed by atoms with van der Waals surface area (Å²) in [4.78, 5) is 30.2. The summed E-state index contributed by atoms with van der Waals surface area (Å²) in [5, 5.41) is 3.81. The molecule has 1 aromatic carbocycles. The predicted molar refractivity (Wildman–Crippen MR) is 124 cm³/mol. The third kappa shape index (κ3) is 3.22. The Hall–Kier alpha value is -2.52. The van der Waals surface area contributed by atoms with Gasteiger partial charge in [0.1, 0.15) is 0 Å². The van der Waals surface area contributed by atoms with Crippen LogP contribution in [0.2, 0.25) is 0 Å². The van der Waals surface area contributed by atoms with Gasteiger partial charge in [-0.3, -0.25) is 23.7 Å². The van der Waals surface area contributed by atoms with Gasteiger partial charge in [-0.05, 0) is 51.3 Å². The molecule has 164 valence electrons. The average Bonchev–Trinajstić information content (AvgIpc) is 3.16. The molecule has 2 aromatic heterocycles. The maximum absolute atomic E-state index is 13.1. The molecule has 0 aliphatic carbocycles. The van der Waals surface area contributed by atoms with E-state index in [0.29, 0.717) is 12.2 Å². The van der Waals surface area contributed by atoms with Crippen LogP contribution in [0.5, 0.6) is 0 Å². The fourth-order valence-corrected chi connectivity index (χ4v) is 5.91. The fourth-order valence-electron chi connectivity index (χ4n) is 4.82. The summed E-state index contributed by atoms with van der Waals surface area (Å²) in [7, 11) is 3.55. The lowest BCUT2D eigenvalue weighted by Gasteiger charge is -2.36. The Kier molecular flexibility index (Phi) is 4.60. The van der Waals surface area contributed by atoms with E-state index in [9.17, 15) is 9.59 Å². The summed E-state index contributed by atoms with van der Waals surface area (Å²) in [6, 6.07) is 6.12. The van der Waals surface area contributed by atoms with Crippen molar-refractivity contribution >= 4 is 33.7 Å². The smallest absolute Gasteiger partial charge is 0.328 e. The predicted octanol–water partition coefficient (Wildman–Crippen LogP) is 3.38. The number of aliphatic imine (C=N–C) groups is 1. The molecule has 5 rings (SSSR count). The molecule has 8 nitrogen and oxygen atoms in total. The zero-order chi connectivity index (χ0) is 22.1. The normalized spacial score (nSPS) is 23.1. The largest absolute Gasteiger partial charge is 0.375 e. The van der Waals surface area contributed by atoms with Crippen molar-refractivity contribution in [1.82, 2.24) is 18.9 Å². The molecule has 3 aromatic rings. The number of imidazole rings is 1. The summed E-state index contributed by atoms with van der Waals surface area (Å²) in [5.74, 6) is 0.719. The summed E-state index contributed by atoms with van der Waals surface area (Å²) in [6.45, 7) is 6.80. The second-order valence-corrected chi connectivity index (χ2v) is 10.4. The molecule has 1 fully saturated rings. The van der Waals surface area contributed by atoms with Gasteiger partial charge in [-0.15, -0.1) is 0 Å². The number of hydrogen-bond donors (Lipinski definition) is 1. The number of aromatic nitrogens is 4. The monoisotopic (exact) mass is 441 g/mol. The fraction of sp³-hybridized carbons (Fsp3) is 0.500. The Labute approximate surface area is 183 Å². The molecule has 0 unspecified atom stereocenters. The molecule has 0 amide bonds. The van der Waals surface area contributed by atoms with Crippen molar-refractivity contribution < 1.29 is 4.74 Å². The quantitative estimate of drug-likeness (QED) is 0.661. The van der Waals surface area contributed by atoms with Crippen molar-refractivity contribution in [3.8, 4) is 0 Å². The van der Waals surface area contributed by atoms with E-state index in [-0.39, 0.29) is 28.1 Å². The highest BCUT2D eigenvalue weighted by atomic mass is 32.2. The minimum absolute atomic E-state index is 0.0620. The van der Waals surface area contributed by atoms with Gasteiger partial charge >= 0.3 is 5.69 Å². The van der Waals surface area contributed by atoms with Gasteiger partial charge in [-0.1, -0.05) is 17.8 Å². The molecule has 4 heterocycles. The van der Waals surface area contributed by atoms with Gasteiger partial charge in [0.2, 0.25) is 0 Å². The Morgan fingerprint density at radius 2 is 1.94 bits per heavy atom. The Balaban J connectivity index is 1.63. The van der Waals surface area contributed by atoms with Crippen LogP contribution in [0, 0.1) is 0 Å². The van der Waals surface area contributed by atoms with Gasteiger partial charge in [0.15, 0.2) is 5.82 Å². The molecule has 9 heteroatoms. The second kappa shape index (κ2) is 7.00. The third-order valence-corrected chi connectivity index (χ3v) is 7.56. The molecule has 0 radical (unpaired) electrons. The summed E-state index contributed by atoms with van der Waals surface area (Å²) in [6.07, 6.45) is 1.65. The van der Waals surface area contributed by atoms with Crippen molar-refractivity contribution in [3.05, 3.63) is 50.2 Å². The molecule has 31 heavy (non-hydrogen) atoms.